The molecule has 0 radical (unpaired) electrons. The molecule has 1 heterocycles. The van der Waals surface area contributed by atoms with Crippen LogP contribution >= 0.6 is 0 Å². The highest BCUT2D eigenvalue weighted by Crippen LogP contribution is 2.29. The molecule has 0 saturated carbocycles. The summed E-state index contributed by atoms with van der Waals surface area (Å²) < 4.78 is 11.5. The van der Waals surface area contributed by atoms with Gasteiger partial charge in [-0.1, -0.05) is 29.8 Å². The van der Waals surface area contributed by atoms with E-state index in [0.29, 0.717) is 29.3 Å². The fourth-order valence-corrected chi connectivity index (χ4v) is 3.12. The van der Waals surface area contributed by atoms with Crippen molar-refractivity contribution in [2.24, 2.45) is 0 Å². The Hall–Kier alpha value is -3.60. The number of nitrogens with zero attached hydrogens (tertiary/aromatic N) is 1. The largest absolute Gasteiger partial charge is 0.492 e. The molecule has 28 heavy (non-hydrogen) atoms. The lowest BCUT2D eigenvalue weighted by molar-refractivity contribution is -0.114. The quantitative estimate of drug-likeness (QED) is 0.601. The van der Waals surface area contributed by atoms with Crippen molar-refractivity contribution in [3.63, 3.8) is 0 Å². The average molecular weight is 373 g/mol. The molecule has 0 bridgehead atoms. The Morgan fingerprint density at radius 3 is 2.25 bits per heavy atom. The number of benzene rings is 3. The van der Waals surface area contributed by atoms with Gasteiger partial charge in [-0.2, -0.15) is 0 Å². The highest BCUT2D eigenvalue weighted by molar-refractivity contribution is 6.52. The van der Waals surface area contributed by atoms with Gasteiger partial charge in [-0.25, -0.2) is 0 Å². The van der Waals surface area contributed by atoms with Crippen LogP contribution in [0.3, 0.4) is 0 Å². The Morgan fingerprint density at radius 2 is 1.50 bits per heavy atom. The van der Waals surface area contributed by atoms with E-state index in [1.54, 1.807) is 6.07 Å². The summed E-state index contributed by atoms with van der Waals surface area (Å²) >= 11 is 0. The van der Waals surface area contributed by atoms with Gasteiger partial charge in [-0.3, -0.25) is 9.59 Å². The molecule has 0 N–H and O–H groups in total. The van der Waals surface area contributed by atoms with Crippen molar-refractivity contribution in [3.05, 3.63) is 83.9 Å². The summed E-state index contributed by atoms with van der Waals surface area (Å²) in [5, 5.41) is 0. The molecule has 3 aromatic carbocycles. The third-order valence-corrected chi connectivity index (χ3v) is 4.51. The first-order chi connectivity index (χ1) is 13.6. The van der Waals surface area contributed by atoms with Crippen LogP contribution in [0.4, 0.5) is 5.69 Å². The van der Waals surface area contributed by atoms with Crippen LogP contribution in [0, 0.1) is 6.92 Å². The molecule has 0 atom stereocenters. The van der Waals surface area contributed by atoms with Gasteiger partial charge in [0.1, 0.15) is 23.9 Å². The number of anilines is 1. The zero-order valence-electron chi connectivity index (χ0n) is 15.4. The van der Waals surface area contributed by atoms with Gasteiger partial charge in [0.25, 0.3) is 11.7 Å². The van der Waals surface area contributed by atoms with E-state index in [1.165, 1.54) is 4.90 Å². The number of ketones is 1. The third kappa shape index (κ3) is 3.60. The maximum atomic E-state index is 12.2. The number of amides is 1. The summed E-state index contributed by atoms with van der Waals surface area (Å²) in [7, 11) is 0. The molecule has 0 saturated heterocycles. The van der Waals surface area contributed by atoms with Crippen molar-refractivity contribution in [1.29, 1.82) is 0 Å². The van der Waals surface area contributed by atoms with Crippen molar-refractivity contribution < 1.29 is 19.1 Å². The van der Waals surface area contributed by atoms with Gasteiger partial charge >= 0.3 is 0 Å². The fourth-order valence-electron chi connectivity index (χ4n) is 3.12. The van der Waals surface area contributed by atoms with Crippen LogP contribution in [0.1, 0.15) is 15.9 Å². The highest BCUT2D eigenvalue weighted by Gasteiger charge is 2.35. The predicted molar refractivity (Wildman–Crippen MR) is 106 cm³/mol. The number of rotatable bonds is 6. The van der Waals surface area contributed by atoms with E-state index in [1.807, 2.05) is 73.7 Å². The molecule has 0 fully saturated rings. The topological polar surface area (TPSA) is 55.8 Å². The minimum Gasteiger partial charge on any atom is -0.492 e. The lowest BCUT2D eigenvalue weighted by Gasteiger charge is -2.17. The number of Topliss-reactive ketones (excluding diaryl/α,β-unsaturated/α-hetero) is 1. The Bertz CT molecular complexity index is 1010. The van der Waals surface area contributed by atoms with E-state index in [2.05, 4.69) is 0 Å². The summed E-state index contributed by atoms with van der Waals surface area (Å²) in [6.45, 7) is 2.49. The summed E-state index contributed by atoms with van der Waals surface area (Å²) in [6, 6.07) is 22.3. The summed E-state index contributed by atoms with van der Waals surface area (Å²) in [4.78, 5) is 25.8. The van der Waals surface area contributed by atoms with Gasteiger partial charge < -0.3 is 14.4 Å². The van der Waals surface area contributed by atoms with Crippen LogP contribution in [-0.2, 0) is 4.79 Å². The first-order valence-corrected chi connectivity index (χ1v) is 9.04. The normalized spacial score (nSPS) is 12.8. The molecule has 5 heteroatoms. The zero-order valence-corrected chi connectivity index (χ0v) is 15.4. The lowest BCUT2D eigenvalue weighted by atomic mass is 10.1. The number of ether oxygens (including phenoxy) is 2. The number of para-hydroxylation sites is 1. The minimum absolute atomic E-state index is 0.283. The standard InChI is InChI=1S/C23H19NO4/c1-16-7-12-21-20(15-16)22(25)23(26)24(21)13-14-27-17-8-10-19(11-9-17)28-18-5-3-2-4-6-18/h2-12,15H,13-14H2,1H3. The second kappa shape index (κ2) is 7.56. The SMILES string of the molecule is Cc1ccc2c(c1)C(=O)C(=O)N2CCOc1ccc(Oc2ccccc2)cc1. The van der Waals surface area contributed by atoms with E-state index < -0.39 is 11.7 Å². The molecule has 1 aliphatic rings. The van der Waals surface area contributed by atoms with Crippen molar-refractivity contribution in [3.8, 4) is 17.2 Å². The van der Waals surface area contributed by atoms with Crippen LogP contribution < -0.4 is 14.4 Å². The molecule has 0 aliphatic carbocycles. The number of carbonyl (C=O) groups is 2. The molecule has 1 amide bonds. The van der Waals surface area contributed by atoms with E-state index in [-0.39, 0.29) is 6.61 Å². The molecule has 3 aromatic rings. The molecule has 140 valence electrons. The maximum absolute atomic E-state index is 12.2. The van der Waals surface area contributed by atoms with Gasteiger partial charge in [-0.05, 0) is 55.5 Å². The number of hydrogen-bond donors (Lipinski definition) is 0. The predicted octanol–water partition coefficient (Wildman–Crippen LogP) is 4.40. The highest BCUT2D eigenvalue weighted by atomic mass is 16.5. The number of fused-ring (bicyclic) bond motifs is 1. The first kappa shape index (κ1) is 17.8. The van der Waals surface area contributed by atoms with Gasteiger partial charge in [0.05, 0.1) is 17.8 Å². The van der Waals surface area contributed by atoms with E-state index in [0.717, 1.165) is 11.3 Å². The minimum atomic E-state index is -0.504. The number of carbonyl (C=O) groups excluding carboxylic acids is 2. The molecule has 0 unspecified atom stereocenters. The van der Waals surface area contributed by atoms with Crippen LogP contribution in [0.15, 0.2) is 72.8 Å². The molecule has 0 spiro atoms. The van der Waals surface area contributed by atoms with E-state index in [4.69, 9.17) is 9.47 Å². The van der Waals surface area contributed by atoms with Gasteiger partial charge in [0.15, 0.2) is 0 Å². The Labute approximate surface area is 163 Å². The monoisotopic (exact) mass is 373 g/mol. The van der Waals surface area contributed by atoms with Crippen LogP contribution in [0.5, 0.6) is 17.2 Å². The van der Waals surface area contributed by atoms with Crippen molar-refractivity contribution in [1.82, 2.24) is 0 Å². The van der Waals surface area contributed by atoms with Gasteiger partial charge in [0, 0.05) is 0 Å². The molecule has 5 nitrogen and oxygen atoms in total. The van der Waals surface area contributed by atoms with E-state index >= 15 is 0 Å². The Kier molecular flexibility index (Phi) is 4.81. The molecule has 4 rings (SSSR count). The Morgan fingerprint density at radius 1 is 0.821 bits per heavy atom. The summed E-state index contributed by atoms with van der Waals surface area (Å²) in [5.41, 5.74) is 2.07. The smallest absolute Gasteiger partial charge is 0.299 e. The lowest BCUT2D eigenvalue weighted by Crippen LogP contribution is -2.33. The number of hydrogen-bond acceptors (Lipinski definition) is 4. The van der Waals surface area contributed by atoms with Crippen molar-refractivity contribution >= 4 is 17.4 Å². The molecule has 0 aromatic heterocycles. The zero-order chi connectivity index (χ0) is 19.5. The summed E-state index contributed by atoms with van der Waals surface area (Å²) in [5.74, 6) is 1.19. The third-order valence-electron chi connectivity index (χ3n) is 4.51. The van der Waals surface area contributed by atoms with Crippen molar-refractivity contribution in [2.45, 2.75) is 6.92 Å². The second-order valence-electron chi connectivity index (χ2n) is 6.54. The molecular weight excluding hydrogens is 354 g/mol. The van der Waals surface area contributed by atoms with Crippen molar-refractivity contribution in [2.75, 3.05) is 18.1 Å². The molecule has 1 aliphatic heterocycles. The first-order valence-electron chi connectivity index (χ1n) is 9.04. The van der Waals surface area contributed by atoms with Crippen LogP contribution in [0.2, 0.25) is 0 Å². The van der Waals surface area contributed by atoms with Gasteiger partial charge in [-0.15, -0.1) is 0 Å². The maximum Gasteiger partial charge on any atom is 0.299 e. The molecular formula is C23H19NO4. The van der Waals surface area contributed by atoms with Crippen LogP contribution in [0.25, 0.3) is 0 Å². The second-order valence-corrected chi connectivity index (χ2v) is 6.54. The number of aryl methyl sites for hydroxylation is 1. The Balaban J connectivity index is 1.36. The van der Waals surface area contributed by atoms with Crippen LogP contribution in [-0.4, -0.2) is 24.8 Å². The van der Waals surface area contributed by atoms with E-state index in [9.17, 15) is 9.59 Å². The van der Waals surface area contributed by atoms with Gasteiger partial charge in [0.2, 0.25) is 0 Å². The fraction of sp³-hybridized carbons (Fsp3) is 0.130. The average Bonchev–Trinajstić information content (AvgIpc) is 2.94. The summed E-state index contributed by atoms with van der Waals surface area (Å²) in [6.07, 6.45) is 0.